The van der Waals surface area contributed by atoms with E-state index in [4.69, 9.17) is 14.2 Å². The molecule has 3 atom stereocenters. The molecular weight excluding hydrogens is 216 g/mol. The molecule has 0 saturated heterocycles. The van der Waals surface area contributed by atoms with Gasteiger partial charge < -0.3 is 14.2 Å². The predicted octanol–water partition coefficient (Wildman–Crippen LogP) is 2.96. The molecule has 98 valence electrons. The third kappa shape index (κ3) is 2.72. The highest BCUT2D eigenvalue weighted by Gasteiger charge is 2.36. The van der Waals surface area contributed by atoms with E-state index in [-0.39, 0.29) is 0 Å². The second-order valence-corrected chi connectivity index (χ2v) is 5.23. The third-order valence-corrected chi connectivity index (χ3v) is 4.41. The summed E-state index contributed by atoms with van der Waals surface area (Å²) in [6.45, 7) is 0. The highest BCUT2D eigenvalue weighted by molar-refractivity contribution is 5.09. The molecule has 3 nitrogen and oxygen atoms in total. The Bertz CT molecular complexity index is 262. The lowest BCUT2D eigenvalue weighted by Crippen LogP contribution is -2.35. The standard InChI is InChI=1S/C14H24O3/c1-15-14(16-2,17-3)8-4-5-12-9-11-6-7-13(12)10-11/h6-7,11-13H,4-5,8-10H2,1-3H3. The van der Waals surface area contributed by atoms with Crippen LogP contribution in [0.5, 0.6) is 0 Å². The molecule has 0 aromatic rings. The summed E-state index contributed by atoms with van der Waals surface area (Å²) in [5.74, 6) is 1.73. The van der Waals surface area contributed by atoms with Crippen LogP contribution in [0.1, 0.15) is 32.1 Å². The molecule has 2 bridgehead atoms. The Kier molecular flexibility index (Phi) is 4.23. The van der Waals surface area contributed by atoms with Gasteiger partial charge in [-0.05, 0) is 43.4 Å². The third-order valence-electron chi connectivity index (χ3n) is 4.41. The molecule has 0 radical (unpaired) electrons. The highest BCUT2D eigenvalue weighted by atomic mass is 16.9. The Morgan fingerprint density at radius 3 is 2.24 bits per heavy atom. The summed E-state index contributed by atoms with van der Waals surface area (Å²) in [5.41, 5.74) is 0. The van der Waals surface area contributed by atoms with Crippen LogP contribution in [0.25, 0.3) is 0 Å². The molecule has 17 heavy (non-hydrogen) atoms. The first-order valence-electron chi connectivity index (χ1n) is 6.57. The van der Waals surface area contributed by atoms with Gasteiger partial charge in [-0.1, -0.05) is 12.2 Å². The Hall–Kier alpha value is -0.380. The van der Waals surface area contributed by atoms with E-state index in [0.29, 0.717) is 0 Å². The molecule has 2 rings (SSSR count). The van der Waals surface area contributed by atoms with Gasteiger partial charge in [0.15, 0.2) is 0 Å². The van der Waals surface area contributed by atoms with Gasteiger partial charge >= 0.3 is 0 Å². The van der Waals surface area contributed by atoms with E-state index in [1.165, 1.54) is 19.3 Å². The van der Waals surface area contributed by atoms with Crippen molar-refractivity contribution >= 4 is 0 Å². The first-order valence-corrected chi connectivity index (χ1v) is 6.57. The predicted molar refractivity (Wildman–Crippen MR) is 66.5 cm³/mol. The summed E-state index contributed by atoms with van der Waals surface area (Å²) >= 11 is 0. The van der Waals surface area contributed by atoms with Crippen LogP contribution in [0, 0.1) is 17.8 Å². The lowest BCUT2D eigenvalue weighted by Gasteiger charge is -2.29. The molecule has 0 heterocycles. The molecule has 1 fully saturated rings. The molecule has 0 aromatic heterocycles. The fourth-order valence-corrected chi connectivity index (χ4v) is 3.36. The van der Waals surface area contributed by atoms with Gasteiger partial charge in [0.2, 0.25) is 0 Å². The summed E-state index contributed by atoms with van der Waals surface area (Å²) < 4.78 is 15.9. The van der Waals surface area contributed by atoms with Crippen LogP contribution in [0.3, 0.4) is 0 Å². The molecule has 0 aliphatic heterocycles. The maximum absolute atomic E-state index is 5.30. The zero-order valence-electron chi connectivity index (χ0n) is 11.1. The second-order valence-electron chi connectivity index (χ2n) is 5.23. The number of hydrogen-bond acceptors (Lipinski definition) is 3. The van der Waals surface area contributed by atoms with Gasteiger partial charge in [0, 0.05) is 27.8 Å². The van der Waals surface area contributed by atoms with Gasteiger partial charge in [-0.25, -0.2) is 0 Å². The van der Waals surface area contributed by atoms with Crippen molar-refractivity contribution in [1.82, 2.24) is 0 Å². The van der Waals surface area contributed by atoms with E-state index in [2.05, 4.69) is 12.2 Å². The van der Waals surface area contributed by atoms with E-state index in [1.807, 2.05) is 0 Å². The summed E-state index contributed by atoms with van der Waals surface area (Å²) in [6, 6.07) is 0. The molecule has 0 N–H and O–H groups in total. The Labute approximate surface area is 104 Å². The van der Waals surface area contributed by atoms with Crippen LogP contribution in [0.4, 0.5) is 0 Å². The van der Waals surface area contributed by atoms with Crippen LogP contribution in [0.15, 0.2) is 12.2 Å². The van der Waals surface area contributed by atoms with E-state index in [1.54, 1.807) is 21.3 Å². The number of hydrogen-bond donors (Lipinski definition) is 0. The maximum Gasteiger partial charge on any atom is 0.282 e. The molecular formula is C14H24O3. The average Bonchev–Trinajstić information content (AvgIpc) is 2.97. The van der Waals surface area contributed by atoms with Crippen molar-refractivity contribution in [3.8, 4) is 0 Å². The molecule has 2 aliphatic carbocycles. The van der Waals surface area contributed by atoms with Crippen molar-refractivity contribution in [2.45, 2.75) is 38.1 Å². The topological polar surface area (TPSA) is 27.7 Å². The van der Waals surface area contributed by atoms with E-state index < -0.39 is 5.97 Å². The molecule has 0 spiro atoms. The van der Waals surface area contributed by atoms with Crippen LogP contribution in [-0.2, 0) is 14.2 Å². The molecule has 2 aliphatic rings. The summed E-state index contributed by atoms with van der Waals surface area (Å²) in [5, 5.41) is 0. The average molecular weight is 240 g/mol. The lowest BCUT2D eigenvalue weighted by atomic mass is 9.89. The number of allylic oxidation sites excluding steroid dienone is 2. The van der Waals surface area contributed by atoms with Crippen molar-refractivity contribution in [3.05, 3.63) is 12.2 Å². The first-order chi connectivity index (χ1) is 8.23. The van der Waals surface area contributed by atoms with Gasteiger partial charge in [0.25, 0.3) is 5.97 Å². The van der Waals surface area contributed by atoms with Gasteiger partial charge in [-0.15, -0.1) is 0 Å². The van der Waals surface area contributed by atoms with Crippen LogP contribution in [-0.4, -0.2) is 27.3 Å². The van der Waals surface area contributed by atoms with Crippen molar-refractivity contribution in [2.75, 3.05) is 21.3 Å². The zero-order chi connectivity index (χ0) is 12.3. The maximum atomic E-state index is 5.30. The van der Waals surface area contributed by atoms with Gasteiger partial charge in [0.1, 0.15) is 0 Å². The molecule has 0 amide bonds. The smallest absolute Gasteiger partial charge is 0.282 e. The van der Waals surface area contributed by atoms with Gasteiger partial charge in [0.05, 0.1) is 0 Å². The molecule has 1 saturated carbocycles. The SMILES string of the molecule is COC(CCCC1CC2C=CC1C2)(OC)OC. The molecule has 0 aromatic carbocycles. The fraction of sp³-hybridized carbons (Fsp3) is 0.857. The normalized spacial score (nSPS) is 31.4. The first kappa shape index (κ1) is 13.1. The largest absolute Gasteiger partial charge is 0.331 e. The number of ether oxygens (including phenoxy) is 3. The number of methoxy groups -OCH3 is 3. The fourth-order valence-electron chi connectivity index (χ4n) is 3.36. The minimum absolute atomic E-state index is 0.800. The Morgan fingerprint density at radius 2 is 1.76 bits per heavy atom. The molecule has 3 heteroatoms. The monoisotopic (exact) mass is 240 g/mol. The van der Waals surface area contributed by atoms with E-state index in [9.17, 15) is 0 Å². The van der Waals surface area contributed by atoms with Crippen LogP contribution < -0.4 is 0 Å². The van der Waals surface area contributed by atoms with Crippen molar-refractivity contribution in [2.24, 2.45) is 17.8 Å². The zero-order valence-corrected chi connectivity index (χ0v) is 11.1. The van der Waals surface area contributed by atoms with Crippen LogP contribution >= 0.6 is 0 Å². The van der Waals surface area contributed by atoms with Gasteiger partial charge in [-0.3, -0.25) is 0 Å². The number of rotatable bonds is 7. The van der Waals surface area contributed by atoms with Crippen molar-refractivity contribution < 1.29 is 14.2 Å². The quantitative estimate of drug-likeness (QED) is 0.506. The Morgan fingerprint density at radius 1 is 1.06 bits per heavy atom. The summed E-state index contributed by atoms with van der Waals surface area (Å²) in [6.07, 6.45) is 10.7. The van der Waals surface area contributed by atoms with Crippen molar-refractivity contribution in [3.63, 3.8) is 0 Å². The molecule has 3 unspecified atom stereocenters. The lowest BCUT2D eigenvalue weighted by molar-refractivity contribution is -0.355. The number of fused-ring (bicyclic) bond motifs is 2. The van der Waals surface area contributed by atoms with Crippen LogP contribution in [0.2, 0.25) is 0 Å². The minimum Gasteiger partial charge on any atom is -0.331 e. The van der Waals surface area contributed by atoms with E-state index in [0.717, 1.165) is 30.6 Å². The van der Waals surface area contributed by atoms with E-state index >= 15 is 0 Å². The highest BCUT2D eigenvalue weighted by Crippen LogP contribution is 2.45. The Balaban J connectivity index is 1.74. The summed E-state index contributed by atoms with van der Waals surface area (Å²) in [4.78, 5) is 0. The minimum atomic E-state index is -0.840. The van der Waals surface area contributed by atoms with Gasteiger partial charge in [-0.2, -0.15) is 0 Å². The van der Waals surface area contributed by atoms with Crippen molar-refractivity contribution in [1.29, 1.82) is 0 Å². The summed E-state index contributed by atoms with van der Waals surface area (Å²) in [7, 11) is 4.90. The second kappa shape index (κ2) is 5.51.